The lowest BCUT2D eigenvalue weighted by molar-refractivity contribution is -0.148. The number of rotatable bonds is 15. The van der Waals surface area contributed by atoms with Gasteiger partial charge in [0, 0.05) is 68.0 Å². The van der Waals surface area contributed by atoms with E-state index in [4.69, 9.17) is 5.11 Å². The van der Waals surface area contributed by atoms with Crippen molar-refractivity contribution in [3.05, 3.63) is 36.0 Å². The maximum Gasteiger partial charge on any atom is 0.326 e. The standard InChI is InChI=1S/C23H32N4O5S2/c1-16(23(31)32)27(2)22(30)10-14-34-33-13-9-21(29)25-12-11-24-20(28)8-7-17-15-26-19-6-4-3-5-18(17)19/h3-6,15-16,26H,7-14H2,1-2H3,(H,24,28)(H,25,29)(H,31,32)/t16-/m0/s1. The van der Waals surface area contributed by atoms with Crippen molar-refractivity contribution in [3.63, 3.8) is 0 Å². The fourth-order valence-electron chi connectivity index (χ4n) is 3.11. The molecule has 0 aliphatic carbocycles. The molecule has 186 valence electrons. The van der Waals surface area contributed by atoms with Crippen LogP contribution in [0.2, 0.25) is 0 Å². The van der Waals surface area contributed by atoms with E-state index in [1.165, 1.54) is 40.5 Å². The molecule has 9 nitrogen and oxygen atoms in total. The molecular weight excluding hydrogens is 476 g/mol. The summed E-state index contributed by atoms with van der Waals surface area (Å²) in [6.45, 7) is 2.22. The van der Waals surface area contributed by atoms with Crippen LogP contribution in [0.25, 0.3) is 10.9 Å². The fourth-order valence-corrected chi connectivity index (χ4v) is 5.08. The van der Waals surface area contributed by atoms with Crippen molar-refractivity contribution in [1.82, 2.24) is 20.5 Å². The number of carboxylic acids is 1. The number of benzene rings is 1. The number of aliphatic carboxylic acids is 1. The number of nitrogens with zero attached hydrogens (tertiary/aromatic N) is 1. The second-order valence-corrected chi connectivity index (χ2v) is 10.4. The SMILES string of the molecule is C[C@@H](C(=O)O)N(C)C(=O)CCSSCCC(=O)NCCNC(=O)CCc1c[nH]c2ccccc12. The first kappa shape index (κ1) is 27.6. The lowest BCUT2D eigenvalue weighted by atomic mass is 10.1. The Hall–Kier alpha value is -2.66. The van der Waals surface area contributed by atoms with Gasteiger partial charge in [0.2, 0.25) is 17.7 Å². The first-order valence-electron chi connectivity index (χ1n) is 11.1. The second kappa shape index (κ2) is 14.6. The molecule has 1 heterocycles. The van der Waals surface area contributed by atoms with E-state index in [0.717, 1.165) is 16.5 Å². The summed E-state index contributed by atoms with van der Waals surface area (Å²) >= 11 is 0. The quantitative estimate of drug-likeness (QED) is 0.215. The number of H-pyrrole nitrogens is 1. The highest BCUT2D eigenvalue weighted by Crippen LogP contribution is 2.23. The van der Waals surface area contributed by atoms with Gasteiger partial charge in [-0.25, -0.2) is 4.79 Å². The van der Waals surface area contributed by atoms with Crippen LogP contribution in [0.5, 0.6) is 0 Å². The minimum absolute atomic E-state index is 0.0515. The molecule has 4 N–H and O–H groups in total. The van der Waals surface area contributed by atoms with Crippen LogP contribution in [0.3, 0.4) is 0 Å². The summed E-state index contributed by atoms with van der Waals surface area (Å²) in [6.07, 6.45) is 3.56. The molecule has 0 radical (unpaired) electrons. The lowest BCUT2D eigenvalue weighted by Crippen LogP contribution is -2.40. The Morgan fingerprint density at radius 3 is 2.29 bits per heavy atom. The zero-order chi connectivity index (χ0) is 24.9. The van der Waals surface area contributed by atoms with Gasteiger partial charge in [0.1, 0.15) is 6.04 Å². The van der Waals surface area contributed by atoms with Crippen molar-refractivity contribution in [2.45, 2.75) is 38.6 Å². The first-order chi connectivity index (χ1) is 16.3. The maximum atomic E-state index is 12.1. The molecule has 11 heteroatoms. The average Bonchev–Trinajstić information content (AvgIpc) is 3.24. The van der Waals surface area contributed by atoms with E-state index in [2.05, 4.69) is 15.6 Å². The molecule has 0 aliphatic heterocycles. The summed E-state index contributed by atoms with van der Waals surface area (Å²) in [7, 11) is 4.46. The third-order valence-corrected chi connectivity index (χ3v) is 7.70. The molecule has 0 unspecified atom stereocenters. The topological polar surface area (TPSA) is 132 Å². The Morgan fingerprint density at radius 1 is 1.00 bits per heavy atom. The van der Waals surface area contributed by atoms with Crippen molar-refractivity contribution in [2.75, 3.05) is 31.6 Å². The number of carboxylic acid groups (broad SMARTS) is 1. The molecule has 0 saturated heterocycles. The van der Waals surface area contributed by atoms with E-state index in [1.54, 1.807) is 0 Å². The summed E-state index contributed by atoms with van der Waals surface area (Å²) in [4.78, 5) is 51.2. The molecule has 1 atom stereocenters. The van der Waals surface area contributed by atoms with Crippen LogP contribution in [0.1, 0.15) is 31.7 Å². The van der Waals surface area contributed by atoms with E-state index in [-0.39, 0.29) is 24.1 Å². The summed E-state index contributed by atoms with van der Waals surface area (Å²) in [5.41, 5.74) is 2.17. The van der Waals surface area contributed by atoms with Crippen LogP contribution in [0, 0.1) is 0 Å². The molecule has 0 bridgehead atoms. The lowest BCUT2D eigenvalue weighted by Gasteiger charge is -2.21. The van der Waals surface area contributed by atoms with Gasteiger partial charge in [-0.15, -0.1) is 0 Å². The number of amides is 3. The Kier molecular flexibility index (Phi) is 11.8. The van der Waals surface area contributed by atoms with E-state index in [9.17, 15) is 19.2 Å². The number of hydrogen-bond donors (Lipinski definition) is 4. The van der Waals surface area contributed by atoms with Gasteiger partial charge in [0.05, 0.1) is 0 Å². The number of likely N-dealkylation sites (N-methyl/N-ethyl adjacent to an activating group) is 1. The number of hydrogen-bond acceptors (Lipinski definition) is 6. The number of aromatic nitrogens is 1. The van der Waals surface area contributed by atoms with Crippen LogP contribution < -0.4 is 10.6 Å². The predicted molar refractivity (Wildman–Crippen MR) is 137 cm³/mol. The number of nitrogens with one attached hydrogen (secondary N) is 3. The molecule has 0 aliphatic rings. The molecule has 2 aromatic rings. The molecule has 0 fully saturated rings. The Bertz CT molecular complexity index is 981. The smallest absolute Gasteiger partial charge is 0.326 e. The highest BCUT2D eigenvalue weighted by molar-refractivity contribution is 8.76. The molecule has 0 spiro atoms. The average molecular weight is 509 g/mol. The van der Waals surface area contributed by atoms with E-state index < -0.39 is 12.0 Å². The van der Waals surface area contributed by atoms with E-state index in [0.29, 0.717) is 43.9 Å². The number of para-hydroxylation sites is 1. The minimum Gasteiger partial charge on any atom is -0.480 e. The number of aromatic amines is 1. The van der Waals surface area contributed by atoms with Gasteiger partial charge in [0.25, 0.3) is 0 Å². The van der Waals surface area contributed by atoms with Gasteiger partial charge in [-0.3, -0.25) is 14.4 Å². The van der Waals surface area contributed by atoms with Gasteiger partial charge in [-0.2, -0.15) is 0 Å². The number of carbonyl (C=O) groups excluding carboxylic acids is 3. The zero-order valence-corrected chi connectivity index (χ0v) is 21.1. The Balaban J connectivity index is 1.47. The largest absolute Gasteiger partial charge is 0.480 e. The van der Waals surface area contributed by atoms with Crippen molar-refractivity contribution >= 4 is 56.2 Å². The van der Waals surface area contributed by atoms with Gasteiger partial charge in [-0.1, -0.05) is 39.8 Å². The van der Waals surface area contributed by atoms with Crippen molar-refractivity contribution in [2.24, 2.45) is 0 Å². The van der Waals surface area contributed by atoms with Crippen molar-refractivity contribution < 1.29 is 24.3 Å². The van der Waals surface area contributed by atoms with Gasteiger partial charge in [0.15, 0.2) is 0 Å². The van der Waals surface area contributed by atoms with Crippen molar-refractivity contribution in [3.8, 4) is 0 Å². The number of fused-ring (bicyclic) bond motifs is 1. The summed E-state index contributed by atoms with van der Waals surface area (Å²) in [6, 6.07) is 7.13. The molecule has 1 aromatic carbocycles. The van der Waals surface area contributed by atoms with Crippen LogP contribution in [-0.4, -0.2) is 76.4 Å². The maximum absolute atomic E-state index is 12.1. The summed E-state index contributed by atoms with van der Waals surface area (Å²) in [5.74, 6) is -0.245. The Labute approximate surface area is 207 Å². The normalized spacial score (nSPS) is 11.7. The first-order valence-corrected chi connectivity index (χ1v) is 13.6. The van der Waals surface area contributed by atoms with Crippen LogP contribution >= 0.6 is 21.6 Å². The third kappa shape index (κ3) is 9.30. The Morgan fingerprint density at radius 2 is 1.62 bits per heavy atom. The minimum atomic E-state index is -1.03. The molecule has 1 aromatic heterocycles. The van der Waals surface area contributed by atoms with Crippen molar-refractivity contribution in [1.29, 1.82) is 0 Å². The van der Waals surface area contributed by atoms with Gasteiger partial charge >= 0.3 is 5.97 Å². The fraction of sp³-hybridized carbons (Fsp3) is 0.478. The predicted octanol–water partition coefficient (Wildman–Crippen LogP) is 2.43. The summed E-state index contributed by atoms with van der Waals surface area (Å²) in [5, 5.41) is 15.7. The highest BCUT2D eigenvalue weighted by atomic mass is 33.1. The van der Waals surface area contributed by atoms with Crippen LogP contribution in [0.4, 0.5) is 0 Å². The van der Waals surface area contributed by atoms with Gasteiger partial charge in [-0.05, 0) is 25.0 Å². The monoisotopic (exact) mass is 508 g/mol. The molecule has 34 heavy (non-hydrogen) atoms. The third-order valence-electron chi connectivity index (χ3n) is 5.29. The molecule has 3 amide bonds. The summed E-state index contributed by atoms with van der Waals surface area (Å²) < 4.78 is 0. The van der Waals surface area contributed by atoms with Gasteiger partial charge < -0.3 is 25.6 Å². The van der Waals surface area contributed by atoms with E-state index >= 15 is 0 Å². The molecule has 0 saturated carbocycles. The number of carbonyl (C=O) groups is 4. The highest BCUT2D eigenvalue weighted by Gasteiger charge is 2.21. The van der Waals surface area contributed by atoms with Crippen LogP contribution in [-0.2, 0) is 25.6 Å². The van der Waals surface area contributed by atoms with Crippen LogP contribution in [0.15, 0.2) is 30.5 Å². The second-order valence-electron chi connectivity index (χ2n) is 7.72. The molecule has 2 rings (SSSR count). The van der Waals surface area contributed by atoms with E-state index in [1.807, 2.05) is 30.5 Å². The zero-order valence-electron chi connectivity index (χ0n) is 19.5. The molecular formula is C23H32N4O5S2. The number of aryl methyl sites for hydroxylation is 1.